The number of carbonyl (C=O) groups excluding carboxylic acids is 2. The minimum Gasteiger partial charge on any atom is -0.466 e. The van der Waals surface area contributed by atoms with Crippen LogP contribution >= 0.6 is 0 Å². The van der Waals surface area contributed by atoms with Crippen LogP contribution in [0.1, 0.15) is 30.5 Å². The van der Waals surface area contributed by atoms with Crippen LogP contribution in [-0.4, -0.2) is 43.0 Å². The molecule has 0 radical (unpaired) electrons. The van der Waals surface area contributed by atoms with Gasteiger partial charge < -0.3 is 19.9 Å². The fourth-order valence-electron chi connectivity index (χ4n) is 2.49. The molecule has 0 unspecified atom stereocenters. The summed E-state index contributed by atoms with van der Waals surface area (Å²) in [5, 5.41) is 12.9. The van der Waals surface area contributed by atoms with E-state index in [0.717, 1.165) is 19.2 Å². The van der Waals surface area contributed by atoms with Gasteiger partial charge >= 0.3 is 18.1 Å². The van der Waals surface area contributed by atoms with E-state index in [1.807, 2.05) is 0 Å². The topological polar surface area (TPSA) is 84.9 Å². The van der Waals surface area contributed by atoms with Gasteiger partial charge in [-0.25, -0.2) is 9.59 Å². The molecule has 0 bridgehead atoms. The maximum atomic E-state index is 13.4. The van der Waals surface area contributed by atoms with Gasteiger partial charge in [0.15, 0.2) is 0 Å². The minimum atomic E-state index is -5.27. The lowest BCUT2D eigenvalue weighted by molar-refractivity contribution is -0.266. The van der Waals surface area contributed by atoms with E-state index < -0.39 is 35.3 Å². The number of rotatable bonds is 6. The summed E-state index contributed by atoms with van der Waals surface area (Å²) in [6.07, 6.45) is -5.27. The summed E-state index contributed by atoms with van der Waals surface area (Å²) < 4.78 is 49.1. The lowest BCUT2D eigenvalue weighted by Crippen LogP contribution is -2.50. The van der Waals surface area contributed by atoms with Gasteiger partial charge in [-0.05, 0) is 38.8 Å². The first kappa shape index (κ1) is 21.8. The minimum absolute atomic E-state index is 0.194. The van der Waals surface area contributed by atoms with Gasteiger partial charge in [0.25, 0.3) is 5.60 Å². The van der Waals surface area contributed by atoms with E-state index in [4.69, 9.17) is 4.74 Å². The van der Waals surface area contributed by atoms with Gasteiger partial charge in [-0.15, -0.1) is 0 Å². The van der Waals surface area contributed by atoms with Crippen LogP contribution in [0.4, 0.5) is 18.9 Å². The smallest absolute Gasteiger partial charge is 0.432 e. The molecule has 0 aromatic heterocycles. The molecule has 2 atom stereocenters. The number of hydrogen-bond acceptors (Lipinski definition) is 6. The molecule has 0 spiro atoms. The molecule has 0 saturated heterocycles. The van der Waals surface area contributed by atoms with Crippen molar-refractivity contribution in [2.75, 3.05) is 19.0 Å². The maximum Gasteiger partial charge on any atom is 0.432 e. The van der Waals surface area contributed by atoms with Crippen molar-refractivity contribution in [2.45, 2.75) is 45.5 Å². The highest BCUT2D eigenvalue weighted by atomic mass is 19.4. The second kappa shape index (κ2) is 7.94. The molecule has 6 nitrogen and oxygen atoms in total. The zero-order chi connectivity index (χ0) is 20.3. The standard InChI is InChI=1S/C17H22F3NO5/c1-6-26-14(22)11(4)21-13-9(2)7-12(8-10(13)3)16(24,15(23)25-5)17(18,19)20/h7-8,11,21,24H,6H2,1-5H3/t11-,16-/m0/s1. The summed E-state index contributed by atoms with van der Waals surface area (Å²) in [7, 11) is 0.760. The van der Waals surface area contributed by atoms with Crippen LogP contribution in [0.2, 0.25) is 0 Å². The Balaban J connectivity index is 3.35. The Hall–Kier alpha value is -2.29. The monoisotopic (exact) mass is 377 g/mol. The Kier molecular flexibility index (Phi) is 6.65. The number of alkyl halides is 3. The second-order valence-corrected chi connectivity index (χ2v) is 5.80. The summed E-state index contributed by atoms with van der Waals surface area (Å²) in [5.41, 5.74) is -3.43. The van der Waals surface area contributed by atoms with Crippen LogP contribution in [0.25, 0.3) is 0 Å². The molecule has 1 rings (SSSR count). The van der Waals surface area contributed by atoms with Crippen LogP contribution < -0.4 is 5.32 Å². The van der Waals surface area contributed by atoms with Gasteiger partial charge in [0.2, 0.25) is 0 Å². The average Bonchev–Trinajstić information content (AvgIpc) is 2.55. The van der Waals surface area contributed by atoms with Gasteiger partial charge in [0.05, 0.1) is 13.7 Å². The largest absolute Gasteiger partial charge is 0.466 e. The third-order valence-electron chi connectivity index (χ3n) is 3.84. The molecule has 26 heavy (non-hydrogen) atoms. The van der Waals surface area contributed by atoms with E-state index in [0.29, 0.717) is 16.8 Å². The molecule has 0 fully saturated rings. The molecule has 1 aromatic rings. The summed E-state index contributed by atoms with van der Waals surface area (Å²) in [6, 6.07) is 1.32. The highest BCUT2D eigenvalue weighted by Gasteiger charge is 2.62. The second-order valence-electron chi connectivity index (χ2n) is 5.80. The van der Waals surface area contributed by atoms with Crippen molar-refractivity contribution in [3.63, 3.8) is 0 Å². The average molecular weight is 377 g/mol. The normalized spacial score (nSPS) is 15.0. The molecule has 0 aliphatic carbocycles. The van der Waals surface area contributed by atoms with Gasteiger partial charge in [-0.1, -0.05) is 12.1 Å². The Bertz CT molecular complexity index is 666. The van der Waals surface area contributed by atoms with Crippen LogP contribution in [0.3, 0.4) is 0 Å². The Morgan fingerprint density at radius 2 is 1.73 bits per heavy atom. The molecule has 0 amide bonds. The maximum absolute atomic E-state index is 13.4. The Labute approximate surface area is 149 Å². The summed E-state index contributed by atoms with van der Waals surface area (Å²) in [6.45, 7) is 6.38. The van der Waals surface area contributed by atoms with Crippen molar-refractivity contribution in [3.05, 3.63) is 28.8 Å². The number of nitrogens with one attached hydrogen (secondary N) is 1. The number of methoxy groups -OCH3 is 1. The first-order valence-corrected chi connectivity index (χ1v) is 7.82. The first-order chi connectivity index (χ1) is 11.9. The number of aliphatic hydroxyl groups is 1. The van der Waals surface area contributed by atoms with E-state index in [1.165, 1.54) is 13.8 Å². The quantitative estimate of drug-likeness (QED) is 0.742. The predicted octanol–water partition coefficient (Wildman–Crippen LogP) is 2.59. The van der Waals surface area contributed by atoms with E-state index in [1.54, 1.807) is 13.8 Å². The van der Waals surface area contributed by atoms with E-state index in [2.05, 4.69) is 10.1 Å². The zero-order valence-corrected chi connectivity index (χ0v) is 15.2. The molecule has 1 aromatic carbocycles. The number of hydrogen-bond donors (Lipinski definition) is 2. The number of esters is 2. The van der Waals surface area contributed by atoms with Crippen molar-refractivity contribution in [1.82, 2.24) is 0 Å². The Morgan fingerprint density at radius 3 is 2.12 bits per heavy atom. The molecule has 0 saturated carbocycles. The van der Waals surface area contributed by atoms with Gasteiger partial charge in [-0.2, -0.15) is 13.2 Å². The molecule has 0 aliphatic heterocycles. The lowest BCUT2D eigenvalue weighted by Gasteiger charge is -2.29. The fraction of sp³-hybridized carbons (Fsp3) is 0.529. The van der Waals surface area contributed by atoms with Crippen LogP contribution in [-0.2, 0) is 24.7 Å². The first-order valence-electron chi connectivity index (χ1n) is 7.82. The third kappa shape index (κ3) is 4.09. The molecule has 9 heteroatoms. The van der Waals surface area contributed by atoms with Crippen molar-refractivity contribution < 1.29 is 37.3 Å². The highest BCUT2D eigenvalue weighted by Crippen LogP contribution is 2.41. The van der Waals surface area contributed by atoms with Crippen LogP contribution in [0, 0.1) is 13.8 Å². The van der Waals surface area contributed by atoms with Crippen molar-refractivity contribution in [3.8, 4) is 0 Å². The third-order valence-corrected chi connectivity index (χ3v) is 3.84. The van der Waals surface area contributed by atoms with Crippen molar-refractivity contribution in [2.24, 2.45) is 0 Å². The molecule has 2 N–H and O–H groups in total. The highest BCUT2D eigenvalue weighted by molar-refractivity contribution is 5.83. The van der Waals surface area contributed by atoms with E-state index >= 15 is 0 Å². The summed E-state index contributed by atoms with van der Waals surface area (Å²) >= 11 is 0. The fourth-order valence-corrected chi connectivity index (χ4v) is 2.49. The molecule has 146 valence electrons. The van der Waals surface area contributed by atoms with Gasteiger partial charge in [0, 0.05) is 11.3 Å². The zero-order valence-electron chi connectivity index (χ0n) is 15.2. The lowest BCUT2D eigenvalue weighted by atomic mass is 9.89. The SMILES string of the molecule is CCOC(=O)[C@H](C)Nc1c(C)cc([C@](O)(C(=O)OC)C(F)(F)F)cc1C. The summed E-state index contributed by atoms with van der Waals surface area (Å²) in [4.78, 5) is 23.4. The number of ether oxygens (including phenoxy) is 2. The number of halogens is 3. The van der Waals surface area contributed by atoms with Crippen LogP contribution in [0.5, 0.6) is 0 Å². The molecule has 0 heterocycles. The number of aryl methyl sites for hydroxylation is 2. The molecular formula is C17H22F3NO5. The number of carbonyl (C=O) groups is 2. The van der Waals surface area contributed by atoms with E-state index in [9.17, 15) is 27.9 Å². The number of anilines is 1. The molecule has 0 aliphatic rings. The molecular weight excluding hydrogens is 355 g/mol. The van der Waals surface area contributed by atoms with Gasteiger partial charge in [-0.3, -0.25) is 0 Å². The van der Waals surface area contributed by atoms with Crippen molar-refractivity contribution >= 4 is 17.6 Å². The van der Waals surface area contributed by atoms with Crippen LogP contribution in [0.15, 0.2) is 12.1 Å². The van der Waals surface area contributed by atoms with Crippen molar-refractivity contribution in [1.29, 1.82) is 0 Å². The van der Waals surface area contributed by atoms with Gasteiger partial charge in [0.1, 0.15) is 6.04 Å². The summed E-state index contributed by atoms with van der Waals surface area (Å²) in [5.74, 6) is -2.35. The Morgan fingerprint density at radius 1 is 1.23 bits per heavy atom. The predicted molar refractivity (Wildman–Crippen MR) is 87.6 cm³/mol. The number of benzene rings is 1. The van der Waals surface area contributed by atoms with E-state index in [-0.39, 0.29) is 6.61 Å².